The first kappa shape index (κ1) is 14.0. The van der Waals surface area contributed by atoms with Crippen LogP contribution in [-0.4, -0.2) is 19.8 Å². The zero-order chi connectivity index (χ0) is 14.9. The van der Waals surface area contributed by atoms with Crippen molar-refractivity contribution < 1.29 is 23.2 Å². The van der Waals surface area contributed by atoms with Gasteiger partial charge < -0.3 is 5.11 Å². The maximum absolute atomic E-state index is 12.6. The topological polar surface area (TPSA) is 81.2 Å². The van der Waals surface area contributed by atoms with Crippen molar-refractivity contribution >= 4 is 5.69 Å². The third kappa shape index (κ3) is 2.62. The van der Waals surface area contributed by atoms with Gasteiger partial charge in [-0.2, -0.15) is 18.3 Å². The molecule has 1 aromatic heterocycles. The molecule has 1 heterocycles. The van der Waals surface area contributed by atoms with Crippen molar-refractivity contribution in [3.63, 3.8) is 0 Å². The molecule has 9 heteroatoms. The summed E-state index contributed by atoms with van der Waals surface area (Å²) in [5, 5.41) is 22.9. The van der Waals surface area contributed by atoms with E-state index in [-0.39, 0.29) is 17.1 Å². The summed E-state index contributed by atoms with van der Waals surface area (Å²) < 4.78 is 38.6. The number of rotatable bonds is 3. The lowest BCUT2D eigenvalue weighted by Gasteiger charge is -2.05. The van der Waals surface area contributed by atoms with Gasteiger partial charge in [-0.25, -0.2) is 4.68 Å². The molecule has 0 radical (unpaired) electrons. The Bertz CT molecular complexity index is 635. The number of nitro groups is 1. The quantitative estimate of drug-likeness (QED) is 0.693. The van der Waals surface area contributed by atoms with Gasteiger partial charge in [-0.1, -0.05) is 0 Å². The lowest BCUT2D eigenvalue weighted by atomic mass is 10.3. The highest BCUT2D eigenvalue weighted by molar-refractivity contribution is 5.41. The molecule has 1 N–H and O–H groups in total. The van der Waals surface area contributed by atoms with Crippen LogP contribution in [0.3, 0.4) is 0 Å². The van der Waals surface area contributed by atoms with Crippen LogP contribution in [0.25, 0.3) is 5.69 Å². The van der Waals surface area contributed by atoms with Gasteiger partial charge >= 0.3 is 6.18 Å². The standard InChI is InChI=1S/C11H8F3N3O3/c12-11(13,14)10-5-9(6-18)16(15-10)7-1-3-8(4-2-7)17(19)20/h1-5,18H,6H2. The fourth-order valence-corrected chi connectivity index (χ4v) is 1.61. The van der Waals surface area contributed by atoms with Gasteiger partial charge in [0.25, 0.3) is 5.69 Å². The summed E-state index contributed by atoms with van der Waals surface area (Å²) in [4.78, 5) is 9.88. The fourth-order valence-electron chi connectivity index (χ4n) is 1.61. The van der Waals surface area contributed by atoms with Crippen molar-refractivity contribution in [2.75, 3.05) is 0 Å². The Balaban J connectivity index is 2.46. The van der Waals surface area contributed by atoms with Gasteiger partial charge in [0.15, 0.2) is 5.69 Å². The lowest BCUT2D eigenvalue weighted by molar-refractivity contribution is -0.384. The van der Waals surface area contributed by atoms with Gasteiger partial charge in [-0.3, -0.25) is 10.1 Å². The van der Waals surface area contributed by atoms with E-state index in [1.807, 2.05) is 0 Å². The van der Waals surface area contributed by atoms with Crippen LogP contribution in [0.1, 0.15) is 11.4 Å². The Labute approximate surface area is 110 Å². The number of hydrogen-bond donors (Lipinski definition) is 1. The molecule has 0 amide bonds. The summed E-state index contributed by atoms with van der Waals surface area (Å²) in [6.07, 6.45) is -4.63. The number of non-ortho nitro benzene ring substituents is 1. The molecule has 0 aliphatic heterocycles. The van der Waals surface area contributed by atoms with Crippen LogP contribution in [-0.2, 0) is 12.8 Å². The van der Waals surface area contributed by atoms with E-state index in [4.69, 9.17) is 5.11 Å². The van der Waals surface area contributed by atoms with E-state index in [9.17, 15) is 23.3 Å². The first-order valence-electron chi connectivity index (χ1n) is 5.35. The van der Waals surface area contributed by atoms with Crippen molar-refractivity contribution in [1.29, 1.82) is 0 Å². The molecule has 2 aromatic rings. The van der Waals surface area contributed by atoms with E-state index in [1.54, 1.807) is 0 Å². The largest absolute Gasteiger partial charge is 0.435 e. The number of alkyl halides is 3. The van der Waals surface area contributed by atoms with E-state index in [0.717, 1.165) is 22.9 Å². The molecular weight excluding hydrogens is 279 g/mol. The van der Waals surface area contributed by atoms with Crippen LogP contribution >= 0.6 is 0 Å². The van der Waals surface area contributed by atoms with E-state index in [2.05, 4.69) is 5.10 Å². The molecule has 0 aliphatic rings. The molecule has 0 bridgehead atoms. The van der Waals surface area contributed by atoms with E-state index < -0.39 is 23.4 Å². The van der Waals surface area contributed by atoms with Gasteiger partial charge in [-0.15, -0.1) is 0 Å². The van der Waals surface area contributed by atoms with Gasteiger partial charge in [0.2, 0.25) is 0 Å². The van der Waals surface area contributed by atoms with Gasteiger partial charge in [0, 0.05) is 12.1 Å². The maximum atomic E-state index is 12.6. The Morgan fingerprint density at radius 3 is 2.35 bits per heavy atom. The highest BCUT2D eigenvalue weighted by Crippen LogP contribution is 2.29. The molecule has 0 atom stereocenters. The monoisotopic (exact) mass is 287 g/mol. The molecule has 0 unspecified atom stereocenters. The molecule has 106 valence electrons. The predicted octanol–water partition coefficient (Wildman–Crippen LogP) is 2.29. The number of nitrogens with zero attached hydrogens (tertiary/aromatic N) is 3. The highest BCUT2D eigenvalue weighted by atomic mass is 19.4. The van der Waals surface area contributed by atoms with E-state index >= 15 is 0 Å². The molecular formula is C11H8F3N3O3. The number of nitro benzene ring substituents is 1. The second-order valence-electron chi connectivity index (χ2n) is 3.86. The SMILES string of the molecule is O=[N+]([O-])c1ccc(-n2nc(C(F)(F)F)cc2CO)cc1. The minimum absolute atomic E-state index is 0.0637. The molecule has 0 saturated heterocycles. The molecule has 0 spiro atoms. The Kier molecular flexibility index (Phi) is 3.45. The first-order chi connectivity index (χ1) is 9.32. The van der Waals surface area contributed by atoms with Gasteiger partial charge in [-0.05, 0) is 18.2 Å². The van der Waals surface area contributed by atoms with Crippen LogP contribution < -0.4 is 0 Å². The molecule has 1 aromatic carbocycles. The molecule has 20 heavy (non-hydrogen) atoms. The molecule has 2 rings (SSSR count). The number of aliphatic hydroxyl groups excluding tert-OH is 1. The van der Waals surface area contributed by atoms with Crippen LogP contribution in [0.15, 0.2) is 30.3 Å². The van der Waals surface area contributed by atoms with Gasteiger partial charge in [0.05, 0.1) is 22.9 Å². The van der Waals surface area contributed by atoms with E-state index in [1.165, 1.54) is 12.1 Å². The van der Waals surface area contributed by atoms with Crippen LogP contribution in [0.4, 0.5) is 18.9 Å². The maximum Gasteiger partial charge on any atom is 0.435 e. The Morgan fingerprint density at radius 2 is 1.90 bits per heavy atom. The average Bonchev–Trinajstić information content (AvgIpc) is 2.82. The first-order valence-corrected chi connectivity index (χ1v) is 5.35. The zero-order valence-electron chi connectivity index (χ0n) is 9.83. The smallest absolute Gasteiger partial charge is 0.390 e. The lowest BCUT2D eigenvalue weighted by Crippen LogP contribution is -2.07. The van der Waals surface area contributed by atoms with Crippen molar-refractivity contribution in [3.05, 3.63) is 51.8 Å². The summed E-state index contributed by atoms with van der Waals surface area (Å²) in [5.74, 6) is 0. The summed E-state index contributed by atoms with van der Waals surface area (Å²) in [7, 11) is 0. The third-order valence-electron chi connectivity index (χ3n) is 2.54. The minimum atomic E-state index is -4.63. The summed E-state index contributed by atoms with van der Waals surface area (Å²) >= 11 is 0. The Hall–Kier alpha value is -2.42. The number of hydrogen-bond acceptors (Lipinski definition) is 4. The molecule has 6 nitrogen and oxygen atoms in total. The normalized spacial score (nSPS) is 11.6. The Morgan fingerprint density at radius 1 is 1.30 bits per heavy atom. The van der Waals surface area contributed by atoms with Crippen LogP contribution in [0.2, 0.25) is 0 Å². The minimum Gasteiger partial charge on any atom is -0.390 e. The second-order valence-corrected chi connectivity index (χ2v) is 3.86. The highest BCUT2D eigenvalue weighted by Gasteiger charge is 2.35. The molecule has 0 aliphatic carbocycles. The average molecular weight is 287 g/mol. The molecule has 0 saturated carbocycles. The van der Waals surface area contributed by atoms with Crippen LogP contribution in [0.5, 0.6) is 0 Å². The summed E-state index contributed by atoms with van der Waals surface area (Å²) in [6.45, 7) is -0.639. The van der Waals surface area contributed by atoms with Crippen molar-refractivity contribution in [1.82, 2.24) is 9.78 Å². The van der Waals surface area contributed by atoms with Crippen molar-refractivity contribution in [2.24, 2.45) is 0 Å². The summed E-state index contributed by atoms with van der Waals surface area (Å²) in [6, 6.07) is 5.52. The molecule has 0 fully saturated rings. The summed E-state index contributed by atoms with van der Waals surface area (Å²) in [5.41, 5.74) is -1.20. The second kappa shape index (κ2) is 4.93. The van der Waals surface area contributed by atoms with E-state index in [0.29, 0.717) is 0 Å². The number of aromatic nitrogens is 2. The van der Waals surface area contributed by atoms with Crippen molar-refractivity contribution in [2.45, 2.75) is 12.8 Å². The fraction of sp³-hybridized carbons (Fsp3) is 0.182. The third-order valence-corrected chi connectivity index (χ3v) is 2.54. The number of halogens is 3. The van der Waals surface area contributed by atoms with Crippen molar-refractivity contribution in [3.8, 4) is 5.69 Å². The zero-order valence-corrected chi connectivity index (χ0v) is 9.83. The van der Waals surface area contributed by atoms with Crippen LogP contribution in [0, 0.1) is 10.1 Å². The predicted molar refractivity (Wildman–Crippen MR) is 61.1 cm³/mol. The number of benzene rings is 1. The number of aliphatic hydroxyl groups is 1. The van der Waals surface area contributed by atoms with Gasteiger partial charge in [0.1, 0.15) is 0 Å².